The molecule has 2 aromatic carbocycles. The molecule has 0 atom stereocenters. The first-order chi connectivity index (χ1) is 12.0. The maximum atomic E-state index is 9.30. The first-order valence-electron chi connectivity index (χ1n) is 8.40. The van der Waals surface area contributed by atoms with Crippen molar-refractivity contribution in [3.63, 3.8) is 0 Å². The highest BCUT2D eigenvalue weighted by atomic mass is 28.4. The number of aliphatic hydroxyl groups is 1. The number of aliphatic hydroxyl groups excluding tert-OH is 1. The average Bonchev–Trinajstić information content (AvgIpc) is 2.62. The Hall–Kier alpha value is -2.19. The van der Waals surface area contributed by atoms with Crippen LogP contribution in [0.4, 0.5) is 0 Å². The molecule has 0 aliphatic carbocycles. The van der Waals surface area contributed by atoms with E-state index in [0.29, 0.717) is 5.57 Å². The smallest absolute Gasteiger partial charge is 0.261 e. The minimum absolute atomic E-state index is 0.129. The fourth-order valence-corrected chi connectivity index (χ4v) is 7.72. The zero-order valence-electron chi connectivity index (χ0n) is 15.1. The zero-order valence-corrected chi connectivity index (χ0v) is 16.1. The summed E-state index contributed by atoms with van der Waals surface area (Å²) in [5.74, 6) is 0. The molecule has 0 amide bonds. The van der Waals surface area contributed by atoms with Gasteiger partial charge < -0.3 is 9.53 Å². The van der Waals surface area contributed by atoms with Crippen LogP contribution in [0.15, 0.2) is 72.3 Å². The Kier molecular flexibility index (Phi) is 6.32. The van der Waals surface area contributed by atoms with Crippen LogP contribution in [-0.4, -0.2) is 26.6 Å². The summed E-state index contributed by atoms with van der Waals surface area (Å²) in [7, 11) is -2.63. The van der Waals surface area contributed by atoms with Crippen LogP contribution in [-0.2, 0) is 4.43 Å². The molecular formula is C21H25NO2Si. The Morgan fingerprint density at radius 1 is 1.04 bits per heavy atom. The predicted octanol–water partition coefficient (Wildman–Crippen LogP) is 3.01. The van der Waals surface area contributed by atoms with E-state index in [-0.39, 0.29) is 18.3 Å². The minimum Gasteiger partial charge on any atom is -0.402 e. The molecule has 2 aromatic rings. The normalized spacial score (nSPS) is 12.7. The van der Waals surface area contributed by atoms with E-state index in [9.17, 15) is 5.26 Å². The SMILES string of the molecule is CC(C)(C)[Si](OC/C(C#N)=C/CO)(c1ccccc1)c1ccccc1. The molecule has 130 valence electrons. The van der Waals surface area contributed by atoms with E-state index in [0.717, 1.165) is 0 Å². The topological polar surface area (TPSA) is 53.2 Å². The van der Waals surface area contributed by atoms with E-state index in [2.05, 4.69) is 51.1 Å². The Bertz CT molecular complexity index is 703. The van der Waals surface area contributed by atoms with Crippen molar-refractivity contribution < 1.29 is 9.53 Å². The van der Waals surface area contributed by atoms with E-state index >= 15 is 0 Å². The van der Waals surface area contributed by atoms with Gasteiger partial charge in [-0.3, -0.25) is 0 Å². The summed E-state index contributed by atoms with van der Waals surface area (Å²) >= 11 is 0. The number of rotatable bonds is 6. The number of hydrogen-bond acceptors (Lipinski definition) is 3. The van der Waals surface area contributed by atoms with Crippen molar-refractivity contribution >= 4 is 18.7 Å². The van der Waals surface area contributed by atoms with Gasteiger partial charge >= 0.3 is 0 Å². The van der Waals surface area contributed by atoms with E-state index in [1.54, 1.807) is 0 Å². The summed E-state index contributed by atoms with van der Waals surface area (Å²) < 4.78 is 6.61. The molecule has 0 bridgehead atoms. The van der Waals surface area contributed by atoms with Crippen molar-refractivity contribution in [2.75, 3.05) is 13.2 Å². The van der Waals surface area contributed by atoms with Gasteiger partial charge in [0.25, 0.3) is 8.32 Å². The van der Waals surface area contributed by atoms with Gasteiger partial charge in [-0.25, -0.2) is 0 Å². The van der Waals surface area contributed by atoms with Gasteiger partial charge in [0.1, 0.15) is 0 Å². The van der Waals surface area contributed by atoms with E-state index in [4.69, 9.17) is 9.53 Å². The number of hydrogen-bond donors (Lipinski definition) is 1. The zero-order chi connectivity index (χ0) is 18.3. The fourth-order valence-electron chi connectivity index (χ4n) is 3.19. The van der Waals surface area contributed by atoms with Crippen LogP contribution >= 0.6 is 0 Å². The average molecular weight is 352 g/mol. The molecule has 0 aliphatic rings. The van der Waals surface area contributed by atoms with Gasteiger partial charge in [-0.15, -0.1) is 0 Å². The standard InChI is InChI=1S/C21H25NO2Si/c1-21(2,3)25(19-10-6-4-7-11-19,20-12-8-5-9-13-20)24-17-18(16-22)14-15-23/h4-14,23H,15,17H2,1-3H3/b18-14+. The molecule has 0 radical (unpaired) electrons. The summed E-state index contributed by atoms with van der Waals surface area (Å²) in [4.78, 5) is 0. The van der Waals surface area contributed by atoms with Crippen molar-refractivity contribution in [3.05, 3.63) is 72.3 Å². The third kappa shape index (κ3) is 4.08. The molecule has 0 aliphatic heterocycles. The third-order valence-corrected chi connectivity index (χ3v) is 9.32. The Balaban J connectivity index is 2.61. The molecule has 0 aromatic heterocycles. The highest BCUT2D eigenvalue weighted by Gasteiger charge is 2.50. The van der Waals surface area contributed by atoms with Gasteiger partial charge in [0.05, 0.1) is 24.9 Å². The summed E-state index contributed by atoms with van der Waals surface area (Å²) in [6, 6.07) is 22.7. The van der Waals surface area contributed by atoms with Crippen molar-refractivity contribution in [3.8, 4) is 6.07 Å². The lowest BCUT2D eigenvalue weighted by atomic mass is 10.2. The molecule has 0 fully saturated rings. The van der Waals surface area contributed by atoms with Crippen LogP contribution < -0.4 is 10.4 Å². The molecule has 0 unspecified atom stereocenters. The lowest BCUT2D eigenvalue weighted by Gasteiger charge is -2.43. The van der Waals surface area contributed by atoms with Gasteiger partial charge in [0.2, 0.25) is 0 Å². The second kappa shape index (κ2) is 8.26. The van der Waals surface area contributed by atoms with Gasteiger partial charge in [0, 0.05) is 0 Å². The maximum absolute atomic E-state index is 9.30. The highest BCUT2D eigenvalue weighted by Crippen LogP contribution is 2.36. The molecule has 0 spiro atoms. The molecule has 0 saturated heterocycles. The lowest BCUT2D eigenvalue weighted by Crippen LogP contribution is -2.66. The van der Waals surface area contributed by atoms with Crippen molar-refractivity contribution in [2.24, 2.45) is 0 Å². The molecule has 0 heterocycles. The highest BCUT2D eigenvalue weighted by molar-refractivity contribution is 6.99. The Labute approximate surface area is 151 Å². The number of benzene rings is 2. The van der Waals surface area contributed by atoms with Crippen LogP contribution in [0.5, 0.6) is 0 Å². The number of nitriles is 1. The van der Waals surface area contributed by atoms with Crippen molar-refractivity contribution in [1.29, 1.82) is 5.26 Å². The number of nitrogens with zero attached hydrogens (tertiary/aromatic N) is 1. The summed E-state index contributed by atoms with van der Waals surface area (Å²) in [6.07, 6.45) is 1.51. The summed E-state index contributed by atoms with van der Waals surface area (Å²) in [6.45, 7) is 6.63. The summed E-state index contributed by atoms with van der Waals surface area (Å²) in [5.41, 5.74) is 0.454. The van der Waals surface area contributed by atoms with Crippen molar-refractivity contribution in [2.45, 2.75) is 25.8 Å². The first kappa shape index (κ1) is 19.1. The van der Waals surface area contributed by atoms with E-state index < -0.39 is 8.32 Å². The fraction of sp³-hybridized carbons (Fsp3) is 0.286. The Morgan fingerprint density at radius 2 is 1.52 bits per heavy atom. The first-order valence-corrected chi connectivity index (χ1v) is 10.3. The molecule has 4 heteroatoms. The van der Waals surface area contributed by atoms with Crippen LogP contribution in [0.2, 0.25) is 5.04 Å². The Morgan fingerprint density at radius 3 is 1.88 bits per heavy atom. The molecule has 0 saturated carbocycles. The molecule has 3 nitrogen and oxygen atoms in total. The quantitative estimate of drug-likeness (QED) is 0.643. The second-order valence-corrected chi connectivity index (χ2v) is 11.3. The van der Waals surface area contributed by atoms with Gasteiger partial charge in [-0.1, -0.05) is 81.4 Å². The van der Waals surface area contributed by atoms with Crippen molar-refractivity contribution in [1.82, 2.24) is 0 Å². The van der Waals surface area contributed by atoms with Crippen LogP contribution in [0.1, 0.15) is 20.8 Å². The maximum Gasteiger partial charge on any atom is 0.261 e. The van der Waals surface area contributed by atoms with Crippen LogP contribution in [0.25, 0.3) is 0 Å². The summed E-state index contributed by atoms with van der Waals surface area (Å²) in [5, 5.41) is 20.6. The lowest BCUT2D eigenvalue weighted by molar-refractivity contribution is 0.323. The van der Waals surface area contributed by atoms with Gasteiger partial charge in [-0.2, -0.15) is 5.26 Å². The second-order valence-electron chi connectivity index (χ2n) is 6.98. The monoisotopic (exact) mass is 351 g/mol. The molecular weight excluding hydrogens is 326 g/mol. The van der Waals surface area contributed by atoms with Crippen LogP contribution in [0.3, 0.4) is 0 Å². The minimum atomic E-state index is -2.63. The van der Waals surface area contributed by atoms with Crippen LogP contribution in [0, 0.1) is 11.3 Å². The molecule has 2 rings (SSSR count). The molecule has 1 N–H and O–H groups in total. The third-order valence-electron chi connectivity index (χ3n) is 4.34. The molecule has 25 heavy (non-hydrogen) atoms. The van der Waals surface area contributed by atoms with Gasteiger partial charge in [0.15, 0.2) is 0 Å². The predicted molar refractivity (Wildman–Crippen MR) is 104 cm³/mol. The largest absolute Gasteiger partial charge is 0.402 e. The van der Waals surface area contributed by atoms with Gasteiger partial charge in [-0.05, 0) is 21.5 Å². The van der Waals surface area contributed by atoms with E-state index in [1.165, 1.54) is 16.4 Å². The van der Waals surface area contributed by atoms with E-state index in [1.807, 2.05) is 36.4 Å².